The van der Waals surface area contributed by atoms with Gasteiger partial charge in [0.1, 0.15) is 16.5 Å². The minimum absolute atomic E-state index is 0.222. The van der Waals surface area contributed by atoms with Crippen molar-refractivity contribution >= 4 is 63.8 Å². The van der Waals surface area contributed by atoms with Crippen molar-refractivity contribution < 1.29 is 4.79 Å². The van der Waals surface area contributed by atoms with Crippen molar-refractivity contribution in [1.29, 1.82) is 0 Å². The van der Waals surface area contributed by atoms with Crippen molar-refractivity contribution in [1.82, 2.24) is 25.1 Å². The van der Waals surface area contributed by atoms with Gasteiger partial charge in [0.15, 0.2) is 5.16 Å². The second kappa shape index (κ2) is 13.0. The summed E-state index contributed by atoms with van der Waals surface area (Å²) in [6.07, 6.45) is 1.22. The van der Waals surface area contributed by atoms with E-state index < -0.39 is 0 Å². The quantitative estimate of drug-likeness (QED) is 0.165. The van der Waals surface area contributed by atoms with E-state index in [1.165, 1.54) is 23.1 Å². The maximum absolute atomic E-state index is 12.6. The van der Waals surface area contributed by atoms with Crippen molar-refractivity contribution in [2.45, 2.75) is 23.8 Å². The molecule has 5 aromatic rings. The number of thiazole rings is 1. The van der Waals surface area contributed by atoms with Crippen molar-refractivity contribution in [3.8, 4) is 5.69 Å². The Labute approximate surface area is 249 Å². The van der Waals surface area contributed by atoms with Crippen LogP contribution in [0.4, 0.5) is 0 Å². The van der Waals surface area contributed by atoms with Crippen LogP contribution in [0.25, 0.3) is 5.69 Å². The van der Waals surface area contributed by atoms with Crippen molar-refractivity contribution in [3.05, 3.63) is 121 Å². The smallest absolute Gasteiger partial charge is 0.270 e. The number of aromatic nitrogens is 4. The van der Waals surface area contributed by atoms with E-state index in [1.807, 2.05) is 53.1 Å². The van der Waals surface area contributed by atoms with Gasteiger partial charge in [-0.15, -0.1) is 21.5 Å². The zero-order valence-corrected chi connectivity index (χ0v) is 24.4. The summed E-state index contributed by atoms with van der Waals surface area (Å²) < 4.78 is 2.02. The first-order valence-corrected chi connectivity index (χ1v) is 15.0. The van der Waals surface area contributed by atoms with Gasteiger partial charge in [0.25, 0.3) is 5.91 Å². The molecule has 0 aliphatic heterocycles. The molecule has 6 nitrogen and oxygen atoms in total. The van der Waals surface area contributed by atoms with Gasteiger partial charge in [0.05, 0.1) is 11.4 Å². The lowest BCUT2D eigenvalue weighted by atomic mass is 10.1. The Balaban J connectivity index is 1.25. The number of carbonyl (C=O) groups excluding carboxylic acids is 1. The Morgan fingerprint density at radius 3 is 2.56 bits per heavy atom. The van der Waals surface area contributed by atoms with Crippen LogP contribution in [0.15, 0.2) is 83.3 Å². The molecule has 0 saturated carbocycles. The third-order valence-electron chi connectivity index (χ3n) is 5.78. The first-order chi connectivity index (χ1) is 19.0. The fourth-order valence-corrected chi connectivity index (χ4v) is 6.35. The molecule has 39 heavy (non-hydrogen) atoms. The van der Waals surface area contributed by atoms with Crippen LogP contribution in [0.5, 0.6) is 0 Å². The minimum atomic E-state index is -0.222. The molecule has 5 rings (SSSR count). The van der Waals surface area contributed by atoms with Crippen LogP contribution in [-0.2, 0) is 18.6 Å². The molecule has 0 fully saturated rings. The Bertz CT molecular complexity index is 1590. The average Bonchev–Trinajstić information content (AvgIpc) is 3.56. The fourth-order valence-electron chi connectivity index (χ4n) is 3.89. The molecule has 198 valence electrons. The van der Waals surface area contributed by atoms with Gasteiger partial charge in [-0.3, -0.25) is 9.36 Å². The zero-order valence-electron chi connectivity index (χ0n) is 20.5. The fraction of sp³-hybridized carbons (Fsp3) is 0.143. The van der Waals surface area contributed by atoms with Gasteiger partial charge in [-0.05, 0) is 47.9 Å². The van der Waals surface area contributed by atoms with E-state index in [1.54, 1.807) is 17.5 Å². The third-order valence-corrected chi connectivity index (χ3v) is 8.57. The predicted octanol–water partition coefficient (Wildman–Crippen LogP) is 7.54. The van der Waals surface area contributed by atoms with Crippen molar-refractivity contribution in [3.63, 3.8) is 0 Å². The van der Waals surface area contributed by atoms with Gasteiger partial charge >= 0.3 is 0 Å². The number of nitrogens with zero attached hydrogens (tertiary/aromatic N) is 4. The highest BCUT2D eigenvalue weighted by Gasteiger charge is 2.17. The number of carbonyl (C=O) groups is 1. The molecule has 2 heterocycles. The van der Waals surface area contributed by atoms with Crippen LogP contribution in [0.2, 0.25) is 15.1 Å². The molecule has 0 unspecified atom stereocenters. The number of benzene rings is 3. The predicted molar refractivity (Wildman–Crippen MR) is 160 cm³/mol. The molecule has 0 aliphatic carbocycles. The highest BCUT2D eigenvalue weighted by atomic mass is 35.5. The van der Waals surface area contributed by atoms with Crippen LogP contribution in [0.3, 0.4) is 0 Å². The van der Waals surface area contributed by atoms with Crippen LogP contribution in [0.1, 0.15) is 32.4 Å². The first-order valence-electron chi connectivity index (χ1n) is 12.0. The lowest BCUT2D eigenvalue weighted by Gasteiger charge is -2.10. The lowest BCUT2D eigenvalue weighted by Crippen LogP contribution is -2.26. The molecule has 0 aliphatic rings. The first kappa shape index (κ1) is 27.7. The SMILES string of the molecule is O=C(NCCc1ccc(Cl)cc1Cl)c1csc(CSc2nnc(Cc3ccccc3)n2-c2cccc(Cl)c2)n1. The largest absolute Gasteiger partial charge is 0.350 e. The number of hydrogen-bond acceptors (Lipinski definition) is 6. The molecule has 0 atom stereocenters. The van der Waals surface area contributed by atoms with Crippen LogP contribution >= 0.6 is 57.9 Å². The Hall–Kier alpha value is -2.88. The van der Waals surface area contributed by atoms with E-state index >= 15 is 0 Å². The molecule has 0 radical (unpaired) electrons. The lowest BCUT2D eigenvalue weighted by molar-refractivity contribution is 0.0949. The van der Waals surface area contributed by atoms with Crippen LogP contribution in [0, 0.1) is 0 Å². The molecule has 0 spiro atoms. The standard InChI is InChI=1S/C28H22Cl3N5OS2/c29-20-7-4-8-22(14-20)36-25(13-18-5-2-1-3-6-18)34-35-28(36)39-17-26-33-24(16-38-26)27(37)32-12-11-19-9-10-21(30)15-23(19)31/h1-10,14-16H,11-13,17H2,(H,32,37). The van der Waals surface area contributed by atoms with Gasteiger partial charge in [-0.1, -0.05) is 89.0 Å². The number of amides is 1. The maximum atomic E-state index is 12.6. The molecular formula is C28H22Cl3N5OS2. The van der Waals surface area contributed by atoms with Gasteiger partial charge in [-0.2, -0.15) is 0 Å². The second-order valence-corrected chi connectivity index (χ2v) is 11.7. The van der Waals surface area contributed by atoms with Gasteiger partial charge < -0.3 is 5.32 Å². The number of thioether (sulfide) groups is 1. The highest BCUT2D eigenvalue weighted by molar-refractivity contribution is 7.98. The molecular weight excluding hydrogens is 593 g/mol. The summed E-state index contributed by atoms with van der Waals surface area (Å²) >= 11 is 21.4. The number of rotatable bonds is 10. The number of halogens is 3. The number of nitrogens with one attached hydrogen (secondary N) is 1. The number of hydrogen-bond donors (Lipinski definition) is 1. The molecule has 0 saturated heterocycles. The van der Waals surface area contributed by atoms with Crippen molar-refractivity contribution in [2.24, 2.45) is 0 Å². The Morgan fingerprint density at radius 1 is 0.949 bits per heavy atom. The molecule has 1 N–H and O–H groups in total. The van der Waals surface area contributed by atoms with E-state index in [0.717, 1.165) is 32.8 Å². The van der Waals surface area contributed by atoms with Crippen LogP contribution < -0.4 is 5.32 Å². The van der Waals surface area contributed by atoms with Crippen molar-refractivity contribution in [2.75, 3.05) is 6.54 Å². The molecule has 0 bridgehead atoms. The van der Waals surface area contributed by atoms with Gasteiger partial charge in [0.2, 0.25) is 0 Å². The van der Waals surface area contributed by atoms with Gasteiger partial charge in [0, 0.05) is 33.4 Å². The highest BCUT2D eigenvalue weighted by Crippen LogP contribution is 2.28. The van der Waals surface area contributed by atoms with Gasteiger partial charge in [-0.25, -0.2) is 4.98 Å². The summed E-state index contributed by atoms with van der Waals surface area (Å²) in [4.78, 5) is 17.2. The Kier molecular flexibility index (Phi) is 9.21. The molecule has 2 aromatic heterocycles. The molecule has 1 amide bonds. The molecule has 3 aromatic carbocycles. The van der Waals surface area contributed by atoms with E-state index in [0.29, 0.717) is 45.9 Å². The maximum Gasteiger partial charge on any atom is 0.270 e. The third kappa shape index (κ3) is 7.21. The van der Waals surface area contributed by atoms with E-state index in [2.05, 4.69) is 32.6 Å². The van der Waals surface area contributed by atoms with E-state index in [-0.39, 0.29) is 5.91 Å². The molecule has 11 heteroatoms. The zero-order chi connectivity index (χ0) is 27.2. The monoisotopic (exact) mass is 613 g/mol. The van der Waals surface area contributed by atoms with E-state index in [9.17, 15) is 4.79 Å². The normalized spacial score (nSPS) is 11.1. The average molecular weight is 615 g/mol. The minimum Gasteiger partial charge on any atom is -0.350 e. The summed E-state index contributed by atoms with van der Waals surface area (Å²) in [7, 11) is 0. The van der Waals surface area contributed by atoms with E-state index in [4.69, 9.17) is 34.8 Å². The Morgan fingerprint density at radius 2 is 1.77 bits per heavy atom. The summed E-state index contributed by atoms with van der Waals surface area (Å²) in [6.45, 7) is 0.439. The second-order valence-electron chi connectivity index (χ2n) is 8.53. The summed E-state index contributed by atoms with van der Waals surface area (Å²) in [5.41, 5.74) is 3.34. The summed E-state index contributed by atoms with van der Waals surface area (Å²) in [5.74, 6) is 1.13. The topological polar surface area (TPSA) is 72.7 Å². The summed E-state index contributed by atoms with van der Waals surface area (Å²) in [6, 6.07) is 23.1. The van der Waals surface area contributed by atoms with Crippen LogP contribution in [-0.4, -0.2) is 32.2 Å². The summed E-state index contributed by atoms with van der Waals surface area (Å²) in [5, 5.41) is 17.0.